The molecule has 0 atom stereocenters. The smallest absolute Gasteiger partial charge is 0.274 e. The maximum Gasteiger partial charge on any atom is 0.274 e. The number of benzene rings is 2. The Morgan fingerprint density at radius 3 is 1.69 bits per heavy atom. The number of hydrogen-bond acceptors (Lipinski definition) is 11. The van der Waals surface area contributed by atoms with Crippen LogP contribution in [-0.4, -0.2) is 66.6 Å². The molecule has 18 heteroatoms. The second kappa shape index (κ2) is 32.7. The SMILES string of the molecule is CCCCCC(=O)Nc1cc(Br)cc(NC(=O)c2cc(C(=O)Nc3cc(Br)cc(NC)c3C)ncn2)c1C.CCCN=C(N)N.CCCNC(N)=C(C)C.NCCCCC=O. The van der Waals surface area contributed by atoms with Crippen molar-refractivity contribution in [2.45, 2.75) is 106 Å². The number of guanidine groups is 1. The summed E-state index contributed by atoms with van der Waals surface area (Å²) in [5.74, 6) is -0.0695. The lowest BCUT2D eigenvalue weighted by molar-refractivity contribution is -0.116. The number of aromatic nitrogens is 2. The number of aliphatic imine (C=N–C) groups is 1. The second-order valence-corrected chi connectivity index (χ2v) is 15.6. The zero-order valence-corrected chi connectivity index (χ0v) is 40.2. The van der Waals surface area contributed by atoms with Crippen molar-refractivity contribution in [2.75, 3.05) is 47.9 Å². The third-order valence-electron chi connectivity index (χ3n) is 8.32. The van der Waals surface area contributed by atoms with Crippen LogP contribution in [0.2, 0.25) is 0 Å². The highest BCUT2D eigenvalue weighted by Crippen LogP contribution is 2.30. The summed E-state index contributed by atoms with van der Waals surface area (Å²) in [5.41, 5.74) is 26.1. The molecule has 0 saturated heterocycles. The van der Waals surface area contributed by atoms with Gasteiger partial charge in [-0.05, 0) is 107 Å². The predicted molar refractivity (Wildman–Crippen MR) is 259 cm³/mol. The summed E-state index contributed by atoms with van der Waals surface area (Å²) in [4.78, 5) is 59.8. The number of nitrogens with one attached hydrogen (secondary N) is 5. The molecular weight excluding hydrogens is 908 g/mol. The summed E-state index contributed by atoms with van der Waals surface area (Å²) in [6, 6.07) is 8.56. The van der Waals surface area contributed by atoms with Gasteiger partial charge in [-0.1, -0.05) is 65.5 Å². The summed E-state index contributed by atoms with van der Waals surface area (Å²) in [5, 5.41) is 14.8. The molecule has 3 aromatic rings. The van der Waals surface area contributed by atoms with Crippen molar-refractivity contribution >= 4 is 84.6 Å². The molecular formula is C43H68Br2N12O4. The Balaban J connectivity index is 0.00000127. The Kier molecular flexibility index (Phi) is 30.0. The van der Waals surface area contributed by atoms with Gasteiger partial charge in [0.05, 0.1) is 5.82 Å². The fourth-order valence-corrected chi connectivity index (χ4v) is 5.70. The van der Waals surface area contributed by atoms with E-state index in [2.05, 4.69) is 87.3 Å². The topological polar surface area (TPSA) is 271 Å². The monoisotopic (exact) mass is 974 g/mol. The molecule has 0 bridgehead atoms. The average molecular weight is 977 g/mol. The molecule has 2 aromatic carbocycles. The van der Waals surface area contributed by atoms with Crippen LogP contribution in [0.5, 0.6) is 0 Å². The van der Waals surface area contributed by atoms with E-state index < -0.39 is 11.8 Å². The first-order valence-corrected chi connectivity index (χ1v) is 22.0. The van der Waals surface area contributed by atoms with E-state index >= 15 is 0 Å². The summed E-state index contributed by atoms with van der Waals surface area (Å²) >= 11 is 6.88. The number of aldehydes is 1. The van der Waals surface area contributed by atoms with Crippen LogP contribution in [0.3, 0.4) is 0 Å². The van der Waals surface area contributed by atoms with Gasteiger partial charge in [-0.3, -0.25) is 19.4 Å². The van der Waals surface area contributed by atoms with Gasteiger partial charge in [0.1, 0.15) is 24.0 Å². The van der Waals surface area contributed by atoms with Gasteiger partial charge in [0.2, 0.25) is 5.91 Å². The number of allylic oxidation sites excluding steroid dienone is 1. The van der Waals surface area contributed by atoms with Crippen LogP contribution in [0.4, 0.5) is 22.7 Å². The molecule has 0 spiro atoms. The number of carbonyl (C=O) groups excluding carboxylic acids is 4. The molecule has 16 nitrogen and oxygen atoms in total. The second-order valence-electron chi connectivity index (χ2n) is 13.8. The van der Waals surface area contributed by atoms with Gasteiger partial charge >= 0.3 is 0 Å². The lowest BCUT2D eigenvalue weighted by Crippen LogP contribution is -2.22. The minimum absolute atomic E-state index is 0.0246. The van der Waals surface area contributed by atoms with Gasteiger partial charge in [0.15, 0.2) is 5.96 Å². The molecule has 0 fully saturated rings. The number of nitrogens with zero attached hydrogens (tertiary/aromatic N) is 3. The van der Waals surface area contributed by atoms with Gasteiger partial charge in [0, 0.05) is 70.7 Å². The molecule has 0 radical (unpaired) electrons. The van der Waals surface area contributed by atoms with Crippen LogP contribution in [0, 0.1) is 13.8 Å². The van der Waals surface area contributed by atoms with Crippen molar-refractivity contribution in [3.8, 4) is 0 Å². The Bertz CT molecular complexity index is 1880. The quantitative estimate of drug-likeness (QED) is 0.0240. The molecule has 338 valence electrons. The van der Waals surface area contributed by atoms with Gasteiger partial charge < -0.3 is 54.3 Å². The molecule has 1 aromatic heterocycles. The largest absolute Gasteiger partial charge is 0.388 e. The van der Waals surface area contributed by atoms with E-state index in [1.807, 2.05) is 40.7 Å². The van der Waals surface area contributed by atoms with E-state index in [1.165, 1.54) is 12.4 Å². The number of carbonyl (C=O) groups is 4. The van der Waals surface area contributed by atoms with Crippen LogP contribution < -0.4 is 49.5 Å². The van der Waals surface area contributed by atoms with E-state index in [1.54, 1.807) is 25.2 Å². The highest BCUT2D eigenvalue weighted by atomic mass is 79.9. The van der Waals surface area contributed by atoms with Crippen LogP contribution in [0.1, 0.15) is 125 Å². The lowest BCUT2D eigenvalue weighted by Gasteiger charge is -2.15. The molecule has 1 heterocycles. The number of unbranched alkanes of at least 4 members (excludes halogenated alkanes) is 4. The van der Waals surface area contributed by atoms with Crippen LogP contribution in [-0.2, 0) is 9.59 Å². The van der Waals surface area contributed by atoms with Crippen LogP contribution in [0.15, 0.2) is 62.0 Å². The van der Waals surface area contributed by atoms with Crippen molar-refractivity contribution < 1.29 is 19.2 Å². The standard InChI is InChI=1S/C27H30Br2N6O3.C7H16N2.C5H11NO.C4H11N3/c1-5-6-7-8-25(36)33-20-10-18(29)12-22(16(20)3)35-27(38)24-13-23(31-14-32-24)26(37)34-21-11-17(28)9-19(30-4)15(21)2;1-4-5-9-7(8)6(2)3;6-4-2-1-3-5-7;1-2-3-7-4(5)6/h9-14,30H,5-8H2,1-4H3,(H,33,36)(H,34,37)(H,35,38);9H,4-5,8H2,1-3H3;5H,1-4,6H2;2-3H2,1H3,(H4,5,6,7). The minimum Gasteiger partial charge on any atom is -0.388 e. The van der Waals surface area contributed by atoms with Gasteiger partial charge in [-0.15, -0.1) is 0 Å². The van der Waals surface area contributed by atoms with Crippen LogP contribution in [0.25, 0.3) is 0 Å². The third-order valence-corrected chi connectivity index (χ3v) is 9.24. The van der Waals surface area contributed by atoms with E-state index in [9.17, 15) is 19.2 Å². The number of nitrogens with two attached hydrogens (primary N) is 4. The Morgan fingerprint density at radius 2 is 1.26 bits per heavy atom. The van der Waals surface area contributed by atoms with E-state index in [4.69, 9.17) is 22.9 Å². The molecule has 0 aliphatic carbocycles. The minimum atomic E-state index is -0.515. The first-order chi connectivity index (χ1) is 29.0. The Labute approximate surface area is 379 Å². The highest BCUT2D eigenvalue weighted by molar-refractivity contribution is 9.10. The van der Waals surface area contributed by atoms with Crippen LogP contribution >= 0.6 is 31.9 Å². The molecule has 3 amide bonds. The molecule has 61 heavy (non-hydrogen) atoms. The fourth-order valence-electron chi connectivity index (χ4n) is 4.78. The van der Waals surface area contributed by atoms with E-state index in [0.717, 1.165) is 91.4 Å². The summed E-state index contributed by atoms with van der Waals surface area (Å²) < 4.78 is 1.49. The van der Waals surface area contributed by atoms with E-state index in [-0.39, 0.29) is 23.3 Å². The zero-order chi connectivity index (χ0) is 46.3. The molecule has 0 aliphatic rings. The average Bonchev–Trinajstić information content (AvgIpc) is 3.22. The number of amides is 3. The number of hydrogen-bond donors (Lipinski definition) is 9. The maximum absolute atomic E-state index is 13.1. The number of anilines is 4. The molecule has 0 unspecified atom stereocenters. The van der Waals surface area contributed by atoms with Gasteiger partial charge in [-0.25, -0.2) is 9.97 Å². The lowest BCUT2D eigenvalue weighted by atomic mass is 10.1. The molecule has 0 saturated carbocycles. The highest BCUT2D eigenvalue weighted by Gasteiger charge is 2.18. The van der Waals surface area contributed by atoms with Crippen molar-refractivity contribution in [2.24, 2.45) is 27.9 Å². The molecule has 13 N–H and O–H groups in total. The zero-order valence-electron chi connectivity index (χ0n) is 37.1. The number of halogens is 2. The van der Waals surface area contributed by atoms with Crippen molar-refractivity contribution in [1.82, 2.24) is 15.3 Å². The van der Waals surface area contributed by atoms with Crippen molar-refractivity contribution in [3.05, 3.63) is 79.5 Å². The molecule has 3 rings (SSSR count). The van der Waals surface area contributed by atoms with E-state index in [0.29, 0.717) is 46.5 Å². The molecule has 0 aliphatic heterocycles. The third kappa shape index (κ3) is 24.1. The van der Waals surface area contributed by atoms with Crippen molar-refractivity contribution in [3.63, 3.8) is 0 Å². The first kappa shape index (κ1) is 55.9. The normalized spacial score (nSPS) is 9.82. The summed E-state index contributed by atoms with van der Waals surface area (Å²) in [7, 11) is 1.80. The fraction of sp³-hybridized carbons (Fsp3) is 0.465. The summed E-state index contributed by atoms with van der Waals surface area (Å²) in [6.45, 7) is 16.3. The Morgan fingerprint density at radius 1 is 0.738 bits per heavy atom. The van der Waals surface area contributed by atoms with Crippen molar-refractivity contribution in [1.29, 1.82) is 0 Å². The Hall–Kier alpha value is -5.07. The van der Waals surface area contributed by atoms with Gasteiger partial charge in [-0.2, -0.15) is 0 Å². The predicted octanol–water partition coefficient (Wildman–Crippen LogP) is 7.86. The summed E-state index contributed by atoms with van der Waals surface area (Å²) in [6.07, 6.45) is 10.1. The number of rotatable bonds is 19. The van der Waals surface area contributed by atoms with Gasteiger partial charge in [0.25, 0.3) is 11.8 Å². The first-order valence-electron chi connectivity index (χ1n) is 20.4. The maximum atomic E-state index is 13.1.